The number of fused-ring (bicyclic) bond motifs is 1. The first-order chi connectivity index (χ1) is 14.6. The molecular weight excluding hydrogens is 384 g/mol. The van der Waals surface area contributed by atoms with E-state index in [-0.39, 0.29) is 0 Å². The Morgan fingerprint density at radius 3 is 2.60 bits per heavy atom. The highest BCUT2D eigenvalue weighted by atomic mass is 16.5. The summed E-state index contributed by atoms with van der Waals surface area (Å²) >= 11 is 0. The number of amides is 1. The van der Waals surface area contributed by atoms with E-state index in [9.17, 15) is 4.79 Å². The summed E-state index contributed by atoms with van der Waals surface area (Å²) in [4.78, 5) is 20.0. The highest BCUT2D eigenvalue weighted by Crippen LogP contribution is 2.27. The molecule has 9 heteroatoms. The van der Waals surface area contributed by atoms with Crippen molar-refractivity contribution < 1.29 is 14.3 Å². The van der Waals surface area contributed by atoms with Crippen LogP contribution in [-0.2, 0) is 6.42 Å². The smallest absolute Gasteiger partial charge is 0.254 e. The predicted molar refractivity (Wildman–Crippen MR) is 111 cm³/mol. The summed E-state index contributed by atoms with van der Waals surface area (Å²) in [5, 5.41) is 7.51. The van der Waals surface area contributed by atoms with E-state index in [4.69, 9.17) is 15.2 Å². The summed E-state index contributed by atoms with van der Waals surface area (Å²) < 4.78 is 12.5. The molecule has 0 bridgehead atoms. The molecule has 4 rings (SSSR count). The third-order valence-corrected chi connectivity index (χ3v) is 4.63. The molecule has 2 aromatic carbocycles. The molecule has 0 atom stereocenters. The molecule has 0 aliphatic heterocycles. The van der Waals surface area contributed by atoms with Gasteiger partial charge >= 0.3 is 0 Å². The fourth-order valence-corrected chi connectivity index (χ4v) is 3.14. The van der Waals surface area contributed by atoms with Crippen LogP contribution >= 0.6 is 0 Å². The van der Waals surface area contributed by atoms with Crippen molar-refractivity contribution in [2.75, 3.05) is 19.5 Å². The van der Waals surface area contributed by atoms with Gasteiger partial charge in [-0.05, 0) is 42.5 Å². The predicted octanol–water partition coefficient (Wildman–Crippen LogP) is 2.57. The first-order valence-corrected chi connectivity index (χ1v) is 9.15. The molecule has 152 valence electrons. The number of anilines is 2. The van der Waals surface area contributed by atoms with Crippen molar-refractivity contribution in [1.82, 2.24) is 19.6 Å². The van der Waals surface area contributed by atoms with E-state index in [1.807, 2.05) is 24.3 Å². The summed E-state index contributed by atoms with van der Waals surface area (Å²) in [7, 11) is 3.25. The molecule has 0 radical (unpaired) electrons. The quantitative estimate of drug-likeness (QED) is 0.486. The van der Waals surface area contributed by atoms with Gasteiger partial charge in [-0.2, -0.15) is 15.1 Å². The third-order valence-electron chi connectivity index (χ3n) is 4.63. The first kappa shape index (κ1) is 19.2. The number of nitrogens with one attached hydrogen (secondary N) is 1. The minimum atomic E-state index is -0.473. The lowest BCUT2D eigenvalue weighted by molar-refractivity contribution is 0.100. The van der Waals surface area contributed by atoms with Gasteiger partial charge in [-0.25, -0.2) is 4.52 Å². The maximum Gasteiger partial charge on any atom is 0.254 e. The Morgan fingerprint density at radius 2 is 1.90 bits per heavy atom. The monoisotopic (exact) mass is 404 g/mol. The van der Waals surface area contributed by atoms with Gasteiger partial charge in [-0.3, -0.25) is 4.79 Å². The third kappa shape index (κ3) is 3.86. The van der Waals surface area contributed by atoms with Crippen molar-refractivity contribution in [3.05, 3.63) is 71.7 Å². The van der Waals surface area contributed by atoms with Gasteiger partial charge < -0.3 is 20.5 Å². The van der Waals surface area contributed by atoms with E-state index in [1.54, 1.807) is 43.0 Å². The molecule has 1 amide bonds. The van der Waals surface area contributed by atoms with Gasteiger partial charge in [0.2, 0.25) is 5.91 Å². The molecule has 0 saturated carbocycles. The van der Waals surface area contributed by atoms with E-state index >= 15 is 0 Å². The van der Waals surface area contributed by atoms with Crippen molar-refractivity contribution in [2.45, 2.75) is 6.42 Å². The number of hydrogen-bond acceptors (Lipinski definition) is 7. The van der Waals surface area contributed by atoms with Gasteiger partial charge in [0.1, 0.15) is 23.6 Å². The fourth-order valence-electron chi connectivity index (χ4n) is 3.14. The van der Waals surface area contributed by atoms with Crippen LogP contribution in [0.4, 0.5) is 11.5 Å². The summed E-state index contributed by atoms with van der Waals surface area (Å²) in [6.45, 7) is 0. The highest BCUT2D eigenvalue weighted by Gasteiger charge is 2.13. The zero-order valence-electron chi connectivity index (χ0n) is 16.5. The largest absolute Gasteiger partial charge is 0.497 e. The molecule has 4 aromatic rings. The zero-order valence-corrected chi connectivity index (χ0v) is 16.5. The van der Waals surface area contributed by atoms with E-state index in [0.29, 0.717) is 23.6 Å². The number of rotatable bonds is 7. The summed E-state index contributed by atoms with van der Waals surface area (Å²) in [5.74, 6) is 2.07. The lowest BCUT2D eigenvalue weighted by atomic mass is 10.1. The average molecular weight is 404 g/mol. The van der Waals surface area contributed by atoms with Gasteiger partial charge in [0.15, 0.2) is 0 Å². The average Bonchev–Trinajstić information content (AvgIpc) is 3.23. The summed E-state index contributed by atoms with van der Waals surface area (Å²) in [6, 6.07) is 14.4. The number of ether oxygens (including phenoxy) is 2. The second kappa shape index (κ2) is 8.08. The summed E-state index contributed by atoms with van der Waals surface area (Å²) in [6.07, 6.45) is 1.98. The Hall–Kier alpha value is -4.14. The molecule has 0 spiro atoms. The molecule has 0 aliphatic rings. The second-order valence-corrected chi connectivity index (χ2v) is 6.53. The maximum atomic E-state index is 11.3. The van der Waals surface area contributed by atoms with Crippen molar-refractivity contribution in [2.24, 2.45) is 5.73 Å². The Labute approximate surface area is 172 Å². The molecule has 9 nitrogen and oxygen atoms in total. The normalized spacial score (nSPS) is 10.7. The number of hydrogen-bond donors (Lipinski definition) is 2. The first-order valence-electron chi connectivity index (χ1n) is 9.15. The Bertz CT molecular complexity index is 1200. The fraction of sp³-hybridized carbons (Fsp3) is 0.143. The van der Waals surface area contributed by atoms with Gasteiger partial charge in [-0.15, -0.1) is 0 Å². The van der Waals surface area contributed by atoms with Crippen LogP contribution in [-0.4, -0.2) is 39.7 Å². The van der Waals surface area contributed by atoms with Crippen LogP contribution in [0.3, 0.4) is 0 Å². The second-order valence-electron chi connectivity index (χ2n) is 6.53. The van der Waals surface area contributed by atoms with Gasteiger partial charge in [0.05, 0.1) is 19.9 Å². The van der Waals surface area contributed by atoms with Crippen LogP contribution in [0.1, 0.15) is 21.6 Å². The lowest BCUT2D eigenvalue weighted by Gasteiger charge is -2.13. The number of nitrogens with two attached hydrogens (primary N) is 1. The van der Waals surface area contributed by atoms with Crippen LogP contribution in [0.2, 0.25) is 0 Å². The number of primary amides is 1. The van der Waals surface area contributed by atoms with Crippen LogP contribution in [0, 0.1) is 0 Å². The number of benzene rings is 2. The number of nitrogens with zero attached hydrogens (tertiary/aromatic N) is 4. The Kier molecular flexibility index (Phi) is 5.17. The van der Waals surface area contributed by atoms with E-state index in [0.717, 1.165) is 28.4 Å². The zero-order chi connectivity index (χ0) is 21.1. The van der Waals surface area contributed by atoms with Gasteiger partial charge in [0.25, 0.3) is 5.78 Å². The number of aromatic nitrogens is 4. The molecule has 0 saturated heterocycles. The standard InChI is InChI=1S/C21H20N6O3/c1-29-17-7-8-18(30-2)14(10-17)9-16-11-19(26-21-23-12-24-27(16)21)25-15-5-3-13(4-6-15)20(22)28/h3-8,10-12H,9H2,1-2H3,(H2,22,28)(H,23,24,25,26). The van der Waals surface area contributed by atoms with Crippen molar-refractivity contribution in [1.29, 1.82) is 0 Å². The molecule has 3 N–H and O–H groups in total. The molecule has 2 heterocycles. The van der Waals surface area contributed by atoms with Gasteiger partial charge in [-0.1, -0.05) is 0 Å². The highest BCUT2D eigenvalue weighted by molar-refractivity contribution is 5.93. The van der Waals surface area contributed by atoms with Crippen LogP contribution in [0.25, 0.3) is 5.78 Å². The van der Waals surface area contributed by atoms with E-state index < -0.39 is 5.91 Å². The Morgan fingerprint density at radius 1 is 1.10 bits per heavy atom. The molecule has 0 unspecified atom stereocenters. The van der Waals surface area contributed by atoms with Crippen molar-refractivity contribution in [3.8, 4) is 11.5 Å². The molecule has 2 aromatic heterocycles. The molecule has 0 aliphatic carbocycles. The minimum Gasteiger partial charge on any atom is -0.497 e. The van der Waals surface area contributed by atoms with E-state index in [1.165, 1.54) is 6.33 Å². The van der Waals surface area contributed by atoms with Crippen molar-refractivity contribution >= 4 is 23.2 Å². The van der Waals surface area contributed by atoms with Gasteiger partial charge in [0, 0.05) is 29.3 Å². The number of carbonyl (C=O) groups excluding carboxylic acids is 1. The molecule has 30 heavy (non-hydrogen) atoms. The van der Waals surface area contributed by atoms with Crippen LogP contribution in [0.15, 0.2) is 54.9 Å². The SMILES string of the molecule is COc1ccc(OC)c(Cc2cc(Nc3ccc(C(N)=O)cc3)nc3ncnn23)c1. The molecule has 0 fully saturated rings. The minimum absolute atomic E-state index is 0.437. The topological polar surface area (TPSA) is 117 Å². The van der Waals surface area contributed by atoms with Crippen LogP contribution < -0.4 is 20.5 Å². The summed E-state index contributed by atoms with van der Waals surface area (Å²) in [5.41, 5.74) is 8.30. The molecular formula is C21H20N6O3. The van der Waals surface area contributed by atoms with Crippen molar-refractivity contribution in [3.63, 3.8) is 0 Å². The number of methoxy groups -OCH3 is 2. The number of carbonyl (C=O) groups is 1. The van der Waals surface area contributed by atoms with Crippen LogP contribution in [0.5, 0.6) is 11.5 Å². The Balaban J connectivity index is 1.69. The van der Waals surface area contributed by atoms with E-state index in [2.05, 4.69) is 20.4 Å². The maximum absolute atomic E-state index is 11.3. The lowest BCUT2D eigenvalue weighted by Crippen LogP contribution is -2.10.